The van der Waals surface area contributed by atoms with Crippen molar-refractivity contribution in [3.63, 3.8) is 0 Å². The molecular formula is C20H28O5. The predicted molar refractivity (Wildman–Crippen MR) is 93.0 cm³/mol. The van der Waals surface area contributed by atoms with Gasteiger partial charge in [0.15, 0.2) is 5.79 Å². The molecule has 2 heterocycles. The molecule has 0 amide bonds. The molecule has 2 saturated heterocycles. The molecule has 5 nitrogen and oxygen atoms in total. The van der Waals surface area contributed by atoms with Gasteiger partial charge in [-0.3, -0.25) is 0 Å². The van der Waals surface area contributed by atoms with Crippen LogP contribution in [0.15, 0.2) is 30.3 Å². The molecule has 25 heavy (non-hydrogen) atoms. The quantitative estimate of drug-likeness (QED) is 0.709. The largest absolute Gasteiger partial charge is 0.371 e. The Morgan fingerprint density at radius 2 is 2.00 bits per heavy atom. The maximum Gasteiger partial charge on any atom is 0.163 e. The molecule has 0 N–H and O–H groups in total. The van der Waals surface area contributed by atoms with Gasteiger partial charge in [0.1, 0.15) is 6.29 Å². The van der Waals surface area contributed by atoms with Crippen molar-refractivity contribution in [2.45, 2.75) is 70.4 Å². The standard InChI is InChI=1S/C20H28O5/c1-14-17(9-10-21)24-18(11-16-13-23-20(2,3)25-16)19(14)22-12-15-7-5-4-6-8-15/h4-8,10,14,16-19H,9,11-13H2,1-3H3/t14-,16?,17-,18+,19+/m0/s1. The first kappa shape index (κ1) is 18.5. The Balaban J connectivity index is 1.64. The summed E-state index contributed by atoms with van der Waals surface area (Å²) in [5, 5.41) is 0. The molecule has 5 heteroatoms. The van der Waals surface area contributed by atoms with Gasteiger partial charge in [0.2, 0.25) is 0 Å². The van der Waals surface area contributed by atoms with Crippen LogP contribution >= 0.6 is 0 Å². The Hall–Kier alpha value is -1.27. The van der Waals surface area contributed by atoms with Crippen molar-refractivity contribution < 1.29 is 23.7 Å². The summed E-state index contributed by atoms with van der Waals surface area (Å²) in [5.74, 6) is -0.383. The Morgan fingerprint density at radius 3 is 2.64 bits per heavy atom. The molecule has 3 rings (SSSR count). The lowest BCUT2D eigenvalue weighted by molar-refractivity contribution is -0.145. The van der Waals surface area contributed by atoms with Crippen LogP contribution in [0.3, 0.4) is 0 Å². The molecule has 2 aliphatic rings. The first-order valence-electron chi connectivity index (χ1n) is 9.05. The van der Waals surface area contributed by atoms with Crippen LogP contribution in [0.4, 0.5) is 0 Å². The van der Waals surface area contributed by atoms with E-state index in [1.165, 1.54) is 0 Å². The van der Waals surface area contributed by atoms with E-state index >= 15 is 0 Å². The zero-order chi connectivity index (χ0) is 17.9. The molecule has 0 spiro atoms. The minimum Gasteiger partial charge on any atom is -0.371 e. The van der Waals surface area contributed by atoms with Gasteiger partial charge in [-0.2, -0.15) is 0 Å². The van der Waals surface area contributed by atoms with Gasteiger partial charge in [-0.1, -0.05) is 37.3 Å². The monoisotopic (exact) mass is 348 g/mol. The minimum atomic E-state index is -0.544. The van der Waals surface area contributed by atoms with Gasteiger partial charge in [0.25, 0.3) is 0 Å². The molecule has 0 aliphatic carbocycles. The van der Waals surface area contributed by atoms with Crippen molar-refractivity contribution in [3.8, 4) is 0 Å². The van der Waals surface area contributed by atoms with Crippen LogP contribution in [0.5, 0.6) is 0 Å². The van der Waals surface area contributed by atoms with Crippen molar-refractivity contribution >= 4 is 6.29 Å². The fourth-order valence-electron chi connectivity index (χ4n) is 3.69. The van der Waals surface area contributed by atoms with E-state index in [0.29, 0.717) is 26.1 Å². The Labute approximate surface area is 149 Å². The maximum absolute atomic E-state index is 11.0. The number of carbonyl (C=O) groups is 1. The number of benzene rings is 1. The molecule has 2 aliphatic heterocycles. The van der Waals surface area contributed by atoms with Crippen molar-refractivity contribution in [1.29, 1.82) is 0 Å². The van der Waals surface area contributed by atoms with Crippen LogP contribution in [0, 0.1) is 5.92 Å². The second-order valence-corrected chi connectivity index (χ2v) is 7.42. The fourth-order valence-corrected chi connectivity index (χ4v) is 3.69. The van der Waals surface area contributed by atoms with Crippen molar-refractivity contribution in [2.75, 3.05) is 6.61 Å². The molecule has 1 unspecified atom stereocenters. The molecule has 1 aromatic carbocycles. The van der Waals surface area contributed by atoms with Crippen molar-refractivity contribution in [1.82, 2.24) is 0 Å². The van der Waals surface area contributed by atoms with Gasteiger partial charge >= 0.3 is 0 Å². The molecule has 0 radical (unpaired) electrons. The second-order valence-electron chi connectivity index (χ2n) is 7.42. The fraction of sp³-hybridized carbons (Fsp3) is 0.650. The van der Waals surface area contributed by atoms with Gasteiger partial charge in [-0.05, 0) is 19.4 Å². The van der Waals surface area contributed by atoms with Crippen LogP contribution in [-0.4, -0.2) is 43.1 Å². The molecule has 5 atom stereocenters. The topological polar surface area (TPSA) is 54.0 Å². The number of hydrogen-bond acceptors (Lipinski definition) is 5. The lowest BCUT2D eigenvalue weighted by Crippen LogP contribution is -2.33. The predicted octanol–water partition coefficient (Wildman–Crippen LogP) is 3.11. The SMILES string of the molecule is C[C@@H]1[C@@H](OCc2ccccc2)[C@@H](CC2COC(C)(C)O2)O[C@H]1CC=O. The third-order valence-electron chi connectivity index (χ3n) is 5.00. The van der Waals surface area contributed by atoms with E-state index in [2.05, 4.69) is 19.1 Å². The van der Waals surface area contributed by atoms with E-state index in [9.17, 15) is 4.79 Å². The first-order valence-corrected chi connectivity index (χ1v) is 9.05. The van der Waals surface area contributed by atoms with Crippen LogP contribution in [0.25, 0.3) is 0 Å². The molecule has 138 valence electrons. The Morgan fingerprint density at radius 1 is 1.24 bits per heavy atom. The van der Waals surface area contributed by atoms with E-state index in [-0.39, 0.29) is 30.3 Å². The number of carbonyl (C=O) groups excluding carboxylic acids is 1. The van der Waals surface area contributed by atoms with Crippen LogP contribution in [0.2, 0.25) is 0 Å². The Kier molecular flexibility index (Phi) is 5.89. The highest BCUT2D eigenvalue weighted by atomic mass is 16.7. The summed E-state index contributed by atoms with van der Waals surface area (Å²) in [7, 11) is 0. The lowest BCUT2D eigenvalue weighted by atomic mass is 9.94. The summed E-state index contributed by atoms with van der Waals surface area (Å²) in [6.45, 7) is 7.04. The van der Waals surface area contributed by atoms with E-state index in [4.69, 9.17) is 18.9 Å². The molecule has 0 saturated carbocycles. The van der Waals surface area contributed by atoms with E-state index < -0.39 is 5.79 Å². The third kappa shape index (κ3) is 4.67. The van der Waals surface area contributed by atoms with Gasteiger partial charge in [0, 0.05) is 18.8 Å². The highest BCUT2D eigenvalue weighted by Gasteiger charge is 2.45. The maximum atomic E-state index is 11.0. The van der Waals surface area contributed by atoms with Crippen LogP contribution in [-0.2, 0) is 30.3 Å². The Bertz CT molecular complexity index is 558. The average Bonchev–Trinajstić information content (AvgIpc) is 3.07. The summed E-state index contributed by atoms with van der Waals surface area (Å²) in [4.78, 5) is 11.0. The van der Waals surface area contributed by atoms with E-state index in [0.717, 1.165) is 11.8 Å². The van der Waals surface area contributed by atoms with Gasteiger partial charge in [0.05, 0.1) is 37.6 Å². The van der Waals surface area contributed by atoms with E-state index in [1.807, 2.05) is 32.0 Å². The summed E-state index contributed by atoms with van der Waals surface area (Å²) in [5.41, 5.74) is 1.13. The van der Waals surface area contributed by atoms with Crippen molar-refractivity contribution in [3.05, 3.63) is 35.9 Å². The average molecular weight is 348 g/mol. The minimum absolute atomic E-state index is 0.00925. The summed E-state index contributed by atoms with van der Waals surface area (Å²) in [6, 6.07) is 10.1. The first-order chi connectivity index (χ1) is 12.0. The number of ether oxygens (including phenoxy) is 4. The van der Waals surface area contributed by atoms with Crippen LogP contribution in [0.1, 0.15) is 39.2 Å². The number of rotatable bonds is 7. The van der Waals surface area contributed by atoms with Crippen molar-refractivity contribution in [2.24, 2.45) is 5.92 Å². The summed E-state index contributed by atoms with van der Waals surface area (Å²) >= 11 is 0. The molecule has 0 aromatic heterocycles. The third-order valence-corrected chi connectivity index (χ3v) is 5.00. The zero-order valence-corrected chi connectivity index (χ0v) is 15.2. The molecule has 2 fully saturated rings. The lowest BCUT2D eigenvalue weighted by Gasteiger charge is -2.24. The highest BCUT2D eigenvalue weighted by molar-refractivity contribution is 5.50. The molecular weight excluding hydrogens is 320 g/mol. The highest BCUT2D eigenvalue weighted by Crippen LogP contribution is 2.36. The summed E-state index contributed by atoms with van der Waals surface area (Å²) < 4.78 is 23.9. The summed E-state index contributed by atoms with van der Waals surface area (Å²) in [6.07, 6.45) is 1.78. The molecule has 0 bridgehead atoms. The van der Waals surface area contributed by atoms with Gasteiger partial charge in [-0.15, -0.1) is 0 Å². The number of aldehydes is 1. The van der Waals surface area contributed by atoms with E-state index in [1.54, 1.807) is 0 Å². The zero-order valence-electron chi connectivity index (χ0n) is 15.2. The normalized spacial score (nSPS) is 34.3. The van der Waals surface area contributed by atoms with Crippen LogP contribution < -0.4 is 0 Å². The second kappa shape index (κ2) is 7.96. The van der Waals surface area contributed by atoms with Gasteiger partial charge in [-0.25, -0.2) is 0 Å². The van der Waals surface area contributed by atoms with Gasteiger partial charge < -0.3 is 23.7 Å². The molecule has 1 aromatic rings. The number of hydrogen-bond donors (Lipinski definition) is 0. The smallest absolute Gasteiger partial charge is 0.163 e.